The van der Waals surface area contributed by atoms with Crippen LogP contribution in [0, 0.1) is 0 Å². The Hall–Kier alpha value is -0.870. The first-order valence-electron chi connectivity index (χ1n) is 7.15. The maximum absolute atomic E-state index is 6.16. The molecule has 1 fully saturated rings. The zero-order valence-electron chi connectivity index (χ0n) is 12.1. The van der Waals surface area contributed by atoms with Crippen molar-refractivity contribution >= 4 is 17.4 Å². The van der Waals surface area contributed by atoms with Gasteiger partial charge in [0.25, 0.3) is 0 Å². The number of aromatic nitrogens is 2. The minimum absolute atomic E-state index is 0.594. The first-order chi connectivity index (χ1) is 9.17. The van der Waals surface area contributed by atoms with E-state index in [1.54, 1.807) is 6.33 Å². The van der Waals surface area contributed by atoms with Crippen molar-refractivity contribution in [1.82, 2.24) is 14.9 Å². The van der Waals surface area contributed by atoms with E-state index in [1.165, 1.54) is 6.42 Å². The molecule has 0 aliphatic carbocycles. The summed E-state index contributed by atoms with van der Waals surface area (Å²) >= 11 is 6.16. The van der Waals surface area contributed by atoms with Gasteiger partial charge in [0.05, 0.1) is 0 Å². The number of hydrogen-bond acceptors (Lipinski definition) is 4. The van der Waals surface area contributed by atoms with Gasteiger partial charge in [-0.2, -0.15) is 0 Å². The van der Waals surface area contributed by atoms with Crippen LogP contribution < -0.4 is 4.90 Å². The highest BCUT2D eigenvalue weighted by Crippen LogP contribution is 2.25. The van der Waals surface area contributed by atoms with Gasteiger partial charge in [-0.1, -0.05) is 25.4 Å². The van der Waals surface area contributed by atoms with E-state index < -0.39 is 0 Å². The smallest absolute Gasteiger partial charge is 0.137 e. The quantitative estimate of drug-likeness (QED) is 0.795. The molecule has 1 unspecified atom stereocenters. The van der Waals surface area contributed by atoms with Crippen LogP contribution in [0.4, 0.5) is 5.82 Å². The molecule has 0 spiro atoms. The van der Waals surface area contributed by atoms with Gasteiger partial charge in [-0.05, 0) is 19.8 Å². The van der Waals surface area contributed by atoms with Gasteiger partial charge in [-0.15, -0.1) is 0 Å². The number of hydrogen-bond donors (Lipinski definition) is 0. The largest absolute Gasteiger partial charge is 0.354 e. The van der Waals surface area contributed by atoms with E-state index in [2.05, 4.69) is 40.5 Å². The predicted octanol–water partition coefficient (Wildman–Crippen LogP) is 2.61. The van der Waals surface area contributed by atoms with Crippen molar-refractivity contribution in [1.29, 1.82) is 0 Å². The Morgan fingerprint density at radius 2 is 1.89 bits per heavy atom. The third-order valence-electron chi connectivity index (χ3n) is 4.05. The molecule has 2 rings (SSSR count). The highest BCUT2D eigenvalue weighted by Gasteiger charge is 2.23. The lowest BCUT2D eigenvalue weighted by atomic mass is 10.1. The van der Waals surface area contributed by atoms with Crippen LogP contribution >= 0.6 is 11.6 Å². The van der Waals surface area contributed by atoms with Crippen molar-refractivity contribution in [3.05, 3.63) is 17.0 Å². The van der Waals surface area contributed by atoms with E-state index in [9.17, 15) is 0 Å². The lowest BCUT2D eigenvalue weighted by Gasteiger charge is -2.38. The van der Waals surface area contributed by atoms with Crippen LogP contribution in [0.2, 0.25) is 5.15 Å². The summed E-state index contributed by atoms with van der Waals surface area (Å²) in [6.07, 6.45) is 3.65. The summed E-state index contributed by atoms with van der Waals surface area (Å²) in [7, 11) is 0. The van der Waals surface area contributed by atoms with Gasteiger partial charge in [0.1, 0.15) is 17.3 Å². The predicted molar refractivity (Wildman–Crippen MR) is 80.0 cm³/mol. The van der Waals surface area contributed by atoms with E-state index in [1.807, 2.05) is 0 Å². The van der Waals surface area contributed by atoms with Gasteiger partial charge in [0, 0.05) is 37.8 Å². The normalized spacial score (nSPS) is 18.6. The standard InChI is InChI=1S/C14H23ClN4/c1-4-11(3)18-6-8-19(9-7-18)14-12(5-2)13(15)16-10-17-14/h10-11H,4-9H2,1-3H3. The Balaban J connectivity index is 2.08. The minimum atomic E-state index is 0.594. The summed E-state index contributed by atoms with van der Waals surface area (Å²) < 4.78 is 0. The topological polar surface area (TPSA) is 32.3 Å². The molecular weight excluding hydrogens is 260 g/mol. The average molecular weight is 283 g/mol. The van der Waals surface area contributed by atoms with Gasteiger partial charge < -0.3 is 4.90 Å². The van der Waals surface area contributed by atoms with Gasteiger partial charge in [-0.3, -0.25) is 4.90 Å². The molecule has 106 valence electrons. The van der Waals surface area contributed by atoms with Gasteiger partial charge in [0.15, 0.2) is 0 Å². The van der Waals surface area contributed by atoms with Crippen LogP contribution in [0.1, 0.15) is 32.8 Å². The molecule has 4 nitrogen and oxygen atoms in total. The summed E-state index contributed by atoms with van der Waals surface area (Å²) in [4.78, 5) is 13.4. The van der Waals surface area contributed by atoms with Crippen molar-refractivity contribution < 1.29 is 0 Å². The number of nitrogens with zero attached hydrogens (tertiary/aromatic N) is 4. The molecule has 0 N–H and O–H groups in total. The van der Waals surface area contributed by atoms with Crippen molar-refractivity contribution in [3.8, 4) is 0 Å². The molecule has 1 atom stereocenters. The van der Waals surface area contributed by atoms with Crippen LogP contribution in [-0.4, -0.2) is 47.1 Å². The molecule has 1 saturated heterocycles. The molecule has 0 amide bonds. The molecule has 5 heteroatoms. The Bertz CT molecular complexity index is 416. The fraction of sp³-hybridized carbons (Fsp3) is 0.714. The summed E-state index contributed by atoms with van der Waals surface area (Å²) in [5.74, 6) is 1.02. The number of piperazine rings is 1. The average Bonchev–Trinajstić information content (AvgIpc) is 2.46. The maximum Gasteiger partial charge on any atom is 0.137 e. The van der Waals surface area contributed by atoms with E-state index in [0.717, 1.165) is 44.0 Å². The van der Waals surface area contributed by atoms with Crippen molar-refractivity contribution in [3.63, 3.8) is 0 Å². The van der Waals surface area contributed by atoms with Crippen LogP contribution in [0.25, 0.3) is 0 Å². The van der Waals surface area contributed by atoms with Crippen LogP contribution in [0.5, 0.6) is 0 Å². The SMILES string of the molecule is CCc1c(Cl)ncnc1N1CCN(C(C)CC)CC1. The molecule has 1 aromatic heterocycles. The number of rotatable bonds is 4. The third-order valence-corrected chi connectivity index (χ3v) is 4.38. The Morgan fingerprint density at radius 1 is 1.21 bits per heavy atom. The number of halogens is 1. The van der Waals surface area contributed by atoms with Crippen LogP contribution in [0.3, 0.4) is 0 Å². The Morgan fingerprint density at radius 3 is 2.47 bits per heavy atom. The second-order valence-electron chi connectivity index (χ2n) is 5.10. The van der Waals surface area contributed by atoms with E-state index in [-0.39, 0.29) is 0 Å². The van der Waals surface area contributed by atoms with Crippen molar-refractivity contribution in [2.45, 2.75) is 39.7 Å². The van der Waals surface area contributed by atoms with Gasteiger partial charge in [-0.25, -0.2) is 9.97 Å². The first kappa shape index (κ1) is 14.5. The first-order valence-corrected chi connectivity index (χ1v) is 7.53. The zero-order valence-corrected chi connectivity index (χ0v) is 12.8. The third kappa shape index (κ3) is 3.18. The zero-order chi connectivity index (χ0) is 13.8. The lowest BCUT2D eigenvalue weighted by Crippen LogP contribution is -2.50. The molecule has 0 saturated carbocycles. The molecule has 19 heavy (non-hydrogen) atoms. The molecule has 0 radical (unpaired) electrons. The number of anilines is 1. The molecule has 1 aliphatic rings. The van der Waals surface area contributed by atoms with Crippen LogP contribution in [-0.2, 0) is 6.42 Å². The van der Waals surface area contributed by atoms with E-state index >= 15 is 0 Å². The molecule has 0 aromatic carbocycles. The molecule has 0 bridgehead atoms. The molecule has 1 aliphatic heterocycles. The van der Waals surface area contributed by atoms with E-state index in [4.69, 9.17) is 11.6 Å². The fourth-order valence-electron chi connectivity index (χ4n) is 2.59. The second-order valence-corrected chi connectivity index (χ2v) is 5.46. The van der Waals surface area contributed by atoms with Crippen LogP contribution in [0.15, 0.2) is 6.33 Å². The lowest BCUT2D eigenvalue weighted by molar-refractivity contribution is 0.192. The van der Waals surface area contributed by atoms with E-state index in [0.29, 0.717) is 11.2 Å². The highest BCUT2D eigenvalue weighted by atomic mass is 35.5. The second kappa shape index (κ2) is 6.53. The monoisotopic (exact) mass is 282 g/mol. The summed E-state index contributed by atoms with van der Waals surface area (Å²) in [6.45, 7) is 10.9. The van der Waals surface area contributed by atoms with Gasteiger partial charge >= 0.3 is 0 Å². The Labute approximate surface area is 120 Å². The molecular formula is C14H23ClN4. The fourth-order valence-corrected chi connectivity index (χ4v) is 2.85. The summed E-state index contributed by atoms with van der Waals surface area (Å²) in [5, 5.41) is 0.594. The maximum atomic E-state index is 6.16. The minimum Gasteiger partial charge on any atom is -0.354 e. The van der Waals surface area contributed by atoms with Crippen molar-refractivity contribution in [2.24, 2.45) is 0 Å². The Kier molecular flexibility index (Phi) is 4.99. The molecule has 1 aromatic rings. The van der Waals surface area contributed by atoms with Crippen molar-refractivity contribution in [2.75, 3.05) is 31.1 Å². The van der Waals surface area contributed by atoms with Gasteiger partial charge in [0.2, 0.25) is 0 Å². The molecule has 2 heterocycles. The summed E-state index contributed by atoms with van der Waals surface area (Å²) in [6, 6.07) is 0.668. The summed E-state index contributed by atoms with van der Waals surface area (Å²) in [5.41, 5.74) is 1.07. The highest BCUT2D eigenvalue weighted by molar-refractivity contribution is 6.30.